The second kappa shape index (κ2) is 5.56. The van der Waals surface area contributed by atoms with E-state index in [9.17, 15) is 0 Å². The number of pyridine rings is 1. The van der Waals surface area contributed by atoms with Crippen molar-refractivity contribution in [3.63, 3.8) is 0 Å². The van der Waals surface area contributed by atoms with Crippen LogP contribution in [0.1, 0.15) is 5.01 Å². The Balaban J connectivity index is 1.69. The van der Waals surface area contributed by atoms with E-state index < -0.39 is 0 Å². The van der Waals surface area contributed by atoms with E-state index >= 15 is 0 Å². The molecule has 0 spiro atoms. The summed E-state index contributed by atoms with van der Waals surface area (Å²) in [5, 5.41) is 3.23. The van der Waals surface area contributed by atoms with E-state index in [-0.39, 0.29) is 0 Å². The maximum atomic E-state index is 5.34. The van der Waals surface area contributed by atoms with Gasteiger partial charge in [0.05, 0.1) is 31.1 Å². The quantitative estimate of drug-likeness (QED) is 0.847. The van der Waals surface area contributed by atoms with Gasteiger partial charge in [-0.3, -0.25) is 9.88 Å². The first-order valence-corrected chi connectivity index (χ1v) is 6.96. The van der Waals surface area contributed by atoms with E-state index in [2.05, 4.69) is 20.2 Å². The molecule has 0 saturated carbocycles. The zero-order valence-corrected chi connectivity index (χ0v) is 10.9. The van der Waals surface area contributed by atoms with Gasteiger partial charge in [-0.1, -0.05) is 6.07 Å². The molecule has 0 bridgehead atoms. The largest absolute Gasteiger partial charge is 0.379 e. The van der Waals surface area contributed by atoms with Crippen LogP contribution in [0.15, 0.2) is 29.8 Å². The summed E-state index contributed by atoms with van der Waals surface area (Å²) in [7, 11) is 0. The Labute approximate surface area is 110 Å². The zero-order valence-electron chi connectivity index (χ0n) is 10.1. The fourth-order valence-corrected chi connectivity index (χ4v) is 2.80. The summed E-state index contributed by atoms with van der Waals surface area (Å²) in [6, 6.07) is 5.90. The predicted molar refractivity (Wildman–Crippen MR) is 71.4 cm³/mol. The third-order valence-corrected chi connectivity index (χ3v) is 3.78. The first-order chi connectivity index (χ1) is 8.92. The lowest BCUT2D eigenvalue weighted by molar-refractivity contribution is 0.0342. The number of thiazole rings is 1. The molecule has 94 valence electrons. The van der Waals surface area contributed by atoms with Gasteiger partial charge in [-0.25, -0.2) is 4.98 Å². The van der Waals surface area contributed by atoms with Gasteiger partial charge >= 0.3 is 0 Å². The lowest BCUT2D eigenvalue weighted by atomic mass is 10.3. The van der Waals surface area contributed by atoms with Crippen LogP contribution < -0.4 is 0 Å². The monoisotopic (exact) mass is 261 g/mol. The lowest BCUT2D eigenvalue weighted by Crippen LogP contribution is -2.35. The van der Waals surface area contributed by atoms with Crippen molar-refractivity contribution in [2.75, 3.05) is 26.3 Å². The van der Waals surface area contributed by atoms with Crippen molar-refractivity contribution >= 4 is 11.3 Å². The molecule has 2 aromatic rings. The highest BCUT2D eigenvalue weighted by Gasteiger charge is 2.13. The van der Waals surface area contributed by atoms with Crippen molar-refractivity contribution in [2.45, 2.75) is 6.54 Å². The first kappa shape index (κ1) is 11.8. The Kier molecular flexibility index (Phi) is 3.64. The summed E-state index contributed by atoms with van der Waals surface area (Å²) >= 11 is 1.70. The minimum atomic E-state index is 0.832. The summed E-state index contributed by atoms with van der Waals surface area (Å²) in [4.78, 5) is 11.3. The van der Waals surface area contributed by atoms with Gasteiger partial charge in [-0.2, -0.15) is 0 Å². The van der Waals surface area contributed by atoms with Gasteiger partial charge in [-0.15, -0.1) is 11.3 Å². The molecular formula is C13H15N3OS. The number of rotatable bonds is 3. The Hall–Kier alpha value is -1.30. The Bertz CT molecular complexity index is 494. The average molecular weight is 261 g/mol. The second-order valence-electron chi connectivity index (χ2n) is 4.23. The van der Waals surface area contributed by atoms with E-state index in [1.165, 1.54) is 0 Å². The minimum absolute atomic E-state index is 0.832. The van der Waals surface area contributed by atoms with Crippen molar-refractivity contribution in [2.24, 2.45) is 0 Å². The number of morpholine rings is 1. The minimum Gasteiger partial charge on any atom is -0.379 e. The number of nitrogens with zero attached hydrogens (tertiary/aromatic N) is 3. The molecule has 1 aliphatic heterocycles. The molecule has 0 aliphatic carbocycles. The van der Waals surface area contributed by atoms with Gasteiger partial charge in [0, 0.05) is 24.7 Å². The molecule has 0 amide bonds. The Morgan fingerprint density at radius 2 is 2.11 bits per heavy atom. The number of ether oxygens (including phenoxy) is 1. The number of aromatic nitrogens is 2. The molecule has 1 aliphatic rings. The summed E-state index contributed by atoms with van der Waals surface area (Å²) in [5.74, 6) is 0. The molecule has 0 unspecified atom stereocenters. The van der Waals surface area contributed by atoms with Crippen molar-refractivity contribution in [1.29, 1.82) is 0 Å². The van der Waals surface area contributed by atoms with Crippen LogP contribution in [0.3, 0.4) is 0 Å². The highest BCUT2D eigenvalue weighted by Crippen LogP contribution is 2.20. The zero-order chi connectivity index (χ0) is 12.2. The van der Waals surface area contributed by atoms with E-state index in [4.69, 9.17) is 4.74 Å². The SMILES string of the molecule is c1ccc(-c2csc(CN3CCOCC3)n2)nc1. The van der Waals surface area contributed by atoms with Crippen LogP contribution in [0.25, 0.3) is 11.4 Å². The molecule has 18 heavy (non-hydrogen) atoms. The van der Waals surface area contributed by atoms with Crippen molar-refractivity contribution in [1.82, 2.24) is 14.9 Å². The molecule has 0 N–H and O–H groups in total. The molecule has 2 aromatic heterocycles. The van der Waals surface area contributed by atoms with E-state index in [0.29, 0.717) is 0 Å². The first-order valence-electron chi connectivity index (χ1n) is 6.08. The molecule has 4 nitrogen and oxygen atoms in total. The van der Waals surface area contributed by atoms with Gasteiger partial charge < -0.3 is 4.74 Å². The third-order valence-electron chi connectivity index (χ3n) is 2.94. The normalized spacial score (nSPS) is 16.9. The van der Waals surface area contributed by atoms with Crippen molar-refractivity contribution in [3.05, 3.63) is 34.8 Å². The second-order valence-corrected chi connectivity index (χ2v) is 5.17. The van der Waals surface area contributed by atoms with Gasteiger partial charge in [0.25, 0.3) is 0 Å². The van der Waals surface area contributed by atoms with Gasteiger partial charge in [-0.05, 0) is 12.1 Å². The molecule has 5 heteroatoms. The molecule has 3 rings (SSSR count). The molecule has 0 aromatic carbocycles. The van der Waals surface area contributed by atoms with E-state index in [0.717, 1.165) is 49.2 Å². The van der Waals surface area contributed by atoms with E-state index in [1.807, 2.05) is 18.2 Å². The average Bonchev–Trinajstić information content (AvgIpc) is 2.89. The van der Waals surface area contributed by atoms with Crippen LogP contribution in [-0.4, -0.2) is 41.2 Å². The van der Waals surface area contributed by atoms with Crippen LogP contribution in [0, 0.1) is 0 Å². The topological polar surface area (TPSA) is 38.2 Å². The number of hydrogen-bond donors (Lipinski definition) is 0. The fourth-order valence-electron chi connectivity index (χ4n) is 1.97. The summed E-state index contributed by atoms with van der Waals surface area (Å²) in [6.07, 6.45) is 1.80. The maximum Gasteiger partial charge on any atom is 0.107 e. The van der Waals surface area contributed by atoms with Crippen LogP contribution in [-0.2, 0) is 11.3 Å². The summed E-state index contributed by atoms with van der Waals surface area (Å²) in [5.41, 5.74) is 1.92. The standard InChI is InChI=1S/C13H15N3OS/c1-2-4-14-11(3-1)12-10-18-13(15-12)9-16-5-7-17-8-6-16/h1-4,10H,5-9H2. The third kappa shape index (κ3) is 2.75. The fraction of sp³-hybridized carbons (Fsp3) is 0.385. The molecule has 0 atom stereocenters. The maximum absolute atomic E-state index is 5.34. The van der Waals surface area contributed by atoms with Crippen LogP contribution >= 0.6 is 11.3 Å². The molecular weight excluding hydrogens is 246 g/mol. The van der Waals surface area contributed by atoms with E-state index in [1.54, 1.807) is 17.5 Å². The highest BCUT2D eigenvalue weighted by atomic mass is 32.1. The molecule has 0 radical (unpaired) electrons. The molecule has 1 saturated heterocycles. The van der Waals surface area contributed by atoms with Gasteiger partial charge in [0.1, 0.15) is 5.01 Å². The number of hydrogen-bond acceptors (Lipinski definition) is 5. The van der Waals surface area contributed by atoms with Crippen molar-refractivity contribution < 1.29 is 4.74 Å². The van der Waals surface area contributed by atoms with Gasteiger partial charge in [0.15, 0.2) is 0 Å². The van der Waals surface area contributed by atoms with Crippen LogP contribution in [0.5, 0.6) is 0 Å². The van der Waals surface area contributed by atoms with Crippen LogP contribution in [0.2, 0.25) is 0 Å². The highest BCUT2D eigenvalue weighted by molar-refractivity contribution is 7.09. The Morgan fingerprint density at radius 3 is 2.89 bits per heavy atom. The van der Waals surface area contributed by atoms with Crippen molar-refractivity contribution in [3.8, 4) is 11.4 Å². The van der Waals surface area contributed by atoms with Crippen LogP contribution in [0.4, 0.5) is 0 Å². The van der Waals surface area contributed by atoms with Gasteiger partial charge in [0.2, 0.25) is 0 Å². The smallest absolute Gasteiger partial charge is 0.107 e. The predicted octanol–water partition coefficient (Wildman–Crippen LogP) is 2.04. The molecule has 1 fully saturated rings. The summed E-state index contributed by atoms with van der Waals surface area (Å²) < 4.78 is 5.34. The Morgan fingerprint density at radius 1 is 1.22 bits per heavy atom. The lowest BCUT2D eigenvalue weighted by Gasteiger charge is -2.25. The molecule has 3 heterocycles. The summed E-state index contributed by atoms with van der Waals surface area (Å²) in [6.45, 7) is 4.58.